The molecule has 0 saturated heterocycles. The zero-order valence-corrected chi connectivity index (χ0v) is 13.1. The first-order chi connectivity index (χ1) is 9.49. The van der Waals surface area contributed by atoms with Gasteiger partial charge in [-0.2, -0.15) is 0 Å². The molecule has 0 N–H and O–H groups in total. The van der Waals surface area contributed by atoms with Crippen LogP contribution in [0.25, 0.3) is 0 Å². The van der Waals surface area contributed by atoms with Crippen LogP contribution in [0.2, 0.25) is 0 Å². The van der Waals surface area contributed by atoms with Crippen LogP contribution in [-0.4, -0.2) is 43.7 Å². The fraction of sp³-hybridized carbons (Fsp3) is 0.562. The highest BCUT2D eigenvalue weighted by Gasteiger charge is 2.21. The summed E-state index contributed by atoms with van der Waals surface area (Å²) in [6, 6.07) is 8.05. The molecule has 20 heavy (non-hydrogen) atoms. The molecule has 0 saturated carbocycles. The Morgan fingerprint density at radius 1 is 1.25 bits per heavy atom. The lowest BCUT2D eigenvalue weighted by molar-refractivity contribution is -0.142. The second-order valence-corrected chi connectivity index (χ2v) is 4.95. The lowest BCUT2D eigenvalue weighted by Gasteiger charge is -2.27. The van der Waals surface area contributed by atoms with Crippen LogP contribution in [0, 0.1) is 0 Å². The van der Waals surface area contributed by atoms with Crippen LogP contribution in [0.1, 0.15) is 26.3 Å². The van der Waals surface area contributed by atoms with Crippen LogP contribution < -0.4 is 4.74 Å². The van der Waals surface area contributed by atoms with Crippen molar-refractivity contribution in [2.75, 3.05) is 20.8 Å². The predicted molar refractivity (Wildman–Crippen MR) is 80.0 cm³/mol. The van der Waals surface area contributed by atoms with E-state index in [2.05, 4.69) is 0 Å². The highest BCUT2D eigenvalue weighted by Crippen LogP contribution is 2.14. The smallest absolute Gasteiger partial charge is 0.251 e. The van der Waals surface area contributed by atoms with E-state index in [1.165, 1.54) is 5.56 Å². The van der Waals surface area contributed by atoms with Gasteiger partial charge in [0.25, 0.3) is 5.91 Å². The monoisotopic (exact) mass is 279 g/mol. The molecular weight excluding hydrogens is 254 g/mol. The number of hydrogen-bond acceptors (Lipinski definition) is 3. The molecule has 0 aliphatic rings. The zero-order chi connectivity index (χ0) is 15.1. The maximum atomic E-state index is 12.1. The fourth-order valence-electron chi connectivity index (χ4n) is 2.06. The molecule has 0 radical (unpaired) electrons. The number of methoxy groups -OCH3 is 1. The molecule has 0 unspecified atom stereocenters. The number of ether oxygens (including phenoxy) is 2. The van der Waals surface area contributed by atoms with Gasteiger partial charge in [0.2, 0.25) is 0 Å². The van der Waals surface area contributed by atoms with Crippen molar-refractivity contribution in [1.82, 2.24) is 4.90 Å². The van der Waals surface area contributed by atoms with Gasteiger partial charge in [0.15, 0.2) is 0 Å². The fourth-order valence-corrected chi connectivity index (χ4v) is 2.06. The Morgan fingerprint density at radius 3 is 2.35 bits per heavy atom. The molecule has 1 aromatic rings. The SMILES string of the molecule is CCO[C@@H](C)C(=O)N(C)[C@@H](C)Cc1ccc(OC)cc1. The van der Waals surface area contributed by atoms with Gasteiger partial charge in [-0.1, -0.05) is 12.1 Å². The Bertz CT molecular complexity index is 416. The van der Waals surface area contributed by atoms with Gasteiger partial charge < -0.3 is 14.4 Å². The van der Waals surface area contributed by atoms with Gasteiger partial charge in [-0.25, -0.2) is 0 Å². The molecule has 0 spiro atoms. The van der Waals surface area contributed by atoms with Crippen LogP contribution in [0.4, 0.5) is 0 Å². The molecular formula is C16H25NO3. The van der Waals surface area contributed by atoms with Gasteiger partial charge in [0, 0.05) is 19.7 Å². The topological polar surface area (TPSA) is 38.8 Å². The van der Waals surface area contributed by atoms with Crippen molar-refractivity contribution in [3.8, 4) is 5.75 Å². The summed E-state index contributed by atoms with van der Waals surface area (Å²) in [6.45, 7) is 6.28. The van der Waals surface area contributed by atoms with Crippen molar-refractivity contribution in [3.63, 3.8) is 0 Å². The average molecular weight is 279 g/mol. The van der Waals surface area contributed by atoms with E-state index in [1.54, 1.807) is 18.9 Å². The van der Waals surface area contributed by atoms with Gasteiger partial charge in [0.1, 0.15) is 11.9 Å². The minimum absolute atomic E-state index is 0.0212. The van der Waals surface area contributed by atoms with Crippen LogP contribution in [0.3, 0.4) is 0 Å². The predicted octanol–water partition coefficient (Wildman–Crippen LogP) is 2.51. The third kappa shape index (κ3) is 4.53. The normalized spacial score (nSPS) is 13.7. The van der Waals surface area contributed by atoms with Crippen molar-refractivity contribution < 1.29 is 14.3 Å². The van der Waals surface area contributed by atoms with Gasteiger partial charge in [-0.15, -0.1) is 0 Å². The highest BCUT2D eigenvalue weighted by molar-refractivity contribution is 5.80. The summed E-state index contributed by atoms with van der Waals surface area (Å²) in [5, 5.41) is 0. The van der Waals surface area contributed by atoms with Gasteiger partial charge in [-0.05, 0) is 44.9 Å². The Kier molecular flexibility index (Phi) is 6.52. The summed E-state index contributed by atoms with van der Waals surface area (Å²) >= 11 is 0. The third-order valence-electron chi connectivity index (χ3n) is 3.46. The molecule has 1 amide bonds. The van der Waals surface area contributed by atoms with Gasteiger partial charge >= 0.3 is 0 Å². The minimum Gasteiger partial charge on any atom is -0.497 e. The Balaban J connectivity index is 2.60. The molecule has 112 valence electrons. The van der Waals surface area contributed by atoms with E-state index in [1.807, 2.05) is 45.2 Å². The zero-order valence-electron chi connectivity index (χ0n) is 13.1. The lowest BCUT2D eigenvalue weighted by atomic mass is 10.1. The molecule has 0 fully saturated rings. The summed E-state index contributed by atoms with van der Waals surface area (Å²) in [4.78, 5) is 13.9. The summed E-state index contributed by atoms with van der Waals surface area (Å²) in [6.07, 6.45) is 0.425. The average Bonchev–Trinajstić information content (AvgIpc) is 2.46. The van der Waals surface area contributed by atoms with Gasteiger partial charge in [-0.3, -0.25) is 4.79 Å². The molecule has 0 heterocycles. The largest absolute Gasteiger partial charge is 0.497 e. The molecule has 1 rings (SSSR count). The van der Waals surface area contributed by atoms with E-state index in [0.717, 1.165) is 12.2 Å². The van der Waals surface area contributed by atoms with E-state index < -0.39 is 0 Å². The maximum Gasteiger partial charge on any atom is 0.251 e. The Labute approximate surface area is 121 Å². The molecule has 2 atom stereocenters. The number of likely N-dealkylation sites (N-methyl/N-ethyl adjacent to an activating group) is 1. The number of carbonyl (C=O) groups is 1. The standard InChI is InChI=1S/C16H25NO3/c1-6-20-13(3)16(18)17(4)12(2)11-14-7-9-15(19-5)10-8-14/h7-10,12-13H,6,11H2,1-5H3/t12-,13-/m0/s1. The van der Waals surface area contributed by atoms with Gasteiger partial charge in [0.05, 0.1) is 7.11 Å². The van der Waals surface area contributed by atoms with Crippen LogP contribution in [-0.2, 0) is 16.0 Å². The summed E-state index contributed by atoms with van der Waals surface area (Å²) in [5.74, 6) is 0.865. The summed E-state index contributed by atoms with van der Waals surface area (Å²) < 4.78 is 10.5. The lowest BCUT2D eigenvalue weighted by Crippen LogP contribution is -2.42. The van der Waals surface area contributed by atoms with E-state index in [9.17, 15) is 4.79 Å². The Hall–Kier alpha value is -1.55. The van der Waals surface area contributed by atoms with Crippen molar-refractivity contribution >= 4 is 5.91 Å². The molecule has 0 aromatic heterocycles. The highest BCUT2D eigenvalue weighted by atomic mass is 16.5. The molecule has 0 bridgehead atoms. The number of carbonyl (C=O) groups excluding carboxylic acids is 1. The molecule has 4 nitrogen and oxygen atoms in total. The summed E-state index contributed by atoms with van der Waals surface area (Å²) in [7, 11) is 3.48. The van der Waals surface area contributed by atoms with Crippen LogP contribution in [0.15, 0.2) is 24.3 Å². The van der Waals surface area contributed by atoms with Crippen LogP contribution >= 0.6 is 0 Å². The number of nitrogens with zero attached hydrogens (tertiary/aromatic N) is 1. The third-order valence-corrected chi connectivity index (χ3v) is 3.46. The van der Waals surface area contributed by atoms with E-state index >= 15 is 0 Å². The summed E-state index contributed by atoms with van der Waals surface area (Å²) in [5.41, 5.74) is 1.18. The quantitative estimate of drug-likeness (QED) is 0.770. The first kappa shape index (κ1) is 16.5. The van der Waals surface area contributed by atoms with E-state index in [-0.39, 0.29) is 18.1 Å². The maximum absolute atomic E-state index is 12.1. The first-order valence-corrected chi connectivity index (χ1v) is 7.00. The van der Waals surface area contributed by atoms with Crippen molar-refractivity contribution in [2.45, 2.75) is 39.3 Å². The second kappa shape index (κ2) is 7.90. The number of hydrogen-bond donors (Lipinski definition) is 0. The molecule has 0 aliphatic carbocycles. The van der Waals surface area contributed by atoms with Crippen molar-refractivity contribution in [2.24, 2.45) is 0 Å². The van der Waals surface area contributed by atoms with E-state index in [4.69, 9.17) is 9.47 Å². The molecule has 4 heteroatoms. The second-order valence-electron chi connectivity index (χ2n) is 4.95. The van der Waals surface area contributed by atoms with E-state index in [0.29, 0.717) is 6.61 Å². The van der Waals surface area contributed by atoms with Crippen molar-refractivity contribution in [3.05, 3.63) is 29.8 Å². The number of benzene rings is 1. The number of amides is 1. The van der Waals surface area contributed by atoms with Crippen LogP contribution in [0.5, 0.6) is 5.75 Å². The Morgan fingerprint density at radius 2 is 1.85 bits per heavy atom. The molecule has 0 aliphatic heterocycles. The van der Waals surface area contributed by atoms with Crippen molar-refractivity contribution in [1.29, 1.82) is 0 Å². The minimum atomic E-state index is -0.386. The first-order valence-electron chi connectivity index (χ1n) is 7.00. The molecule has 1 aromatic carbocycles. The number of rotatable bonds is 7.